The Balaban J connectivity index is 1.18. The number of aliphatic hydroxyl groups is 3. The van der Waals surface area contributed by atoms with Crippen LogP contribution in [-0.4, -0.2) is 78.8 Å². The highest BCUT2D eigenvalue weighted by molar-refractivity contribution is 7.92. The Hall–Kier alpha value is -3.37. The predicted molar refractivity (Wildman–Crippen MR) is 168 cm³/mol. The van der Waals surface area contributed by atoms with Gasteiger partial charge in [-0.2, -0.15) is 4.98 Å². The van der Waals surface area contributed by atoms with E-state index < -0.39 is 60.9 Å². The van der Waals surface area contributed by atoms with Crippen molar-refractivity contribution in [3.8, 4) is 10.6 Å². The molecule has 15 heteroatoms. The third kappa shape index (κ3) is 5.21. The van der Waals surface area contributed by atoms with Crippen LogP contribution >= 0.6 is 11.3 Å². The van der Waals surface area contributed by atoms with Crippen molar-refractivity contribution in [3.63, 3.8) is 0 Å². The third-order valence-corrected chi connectivity index (χ3v) is 13.0. The molecule has 46 heavy (non-hydrogen) atoms. The summed E-state index contributed by atoms with van der Waals surface area (Å²) in [6.07, 6.45) is 4.24. The number of sulfone groups is 1. The second-order valence-electron chi connectivity index (χ2n) is 12.7. The lowest BCUT2D eigenvalue weighted by Gasteiger charge is -2.26. The SMILES string of the molecule is Cc1nc(NCCC2(O)CCCC2)nc(N[C@@H]2C[C@@H]3C(S(=O)(=O)c4cc(F)cc(F)c4)[C@]3(O)[C@H]2O)c1-c1nc2c(C)nccc2s1. The summed E-state index contributed by atoms with van der Waals surface area (Å²) in [4.78, 5) is 18.0. The quantitative estimate of drug-likeness (QED) is 0.175. The molecule has 244 valence electrons. The average Bonchev–Trinajstić information content (AvgIpc) is 3.32. The minimum absolute atomic E-state index is 0.0561. The van der Waals surface area contributed by atoms with Gasteiger partial charge >= 0.3 is 0 Å². The van der Waals surface area contributed by atoms with Crippen molar-refractivity contribution >= 4 is 43.2 Å². The predicted octanol–water partition coefficient (Wildman–Crippen LogP) is 3.90. The van der Waals surface area contributed by atoms with Crippen molar-refractivity contribution in [1.29, 1.82) is 0 Å². The van der Waals surface area contributed by atoms with E-state index in [9.17, 15) is 32.5 Å². The lowest BCUT2D eigenvalue weighted by molar-refractivity contribution is 0.00552. The van der Waals surface area contributed by atoms with Crippen molar-refractivity contribution < 1.29 is 32.5 Å². The fourth-order valence-electron chi connectivity index (χ4n) is 7.27. The maximum Gasteiger partial charge on any atom is 0.224 e. The fourth-order valence-corrected chi connectivity index (χ4v) is 10.7. The molecule has 4 aromatic rings. The summed E-state index contributed by atoms with van der Waals surface area (Å²) in [5.74, 6) is -2.34. The molecule has 1 unspecified atom stereocenters. The van der Waals surface area contributed by atoms with E-state index in [0.717, 1.165) is 41.6 Å². The highest BCUT2D eigenvalue weighted by Gasteiger charge is 2.78. The zero-order valence-corrected chi connectivity index (χ0v) is 26.8. The molecule has 3 aromatic heterocycles. The number of nitrogens with one attached hydrogen (secondary N) is 2. The zero-order valence-electron chi connectivity index (χ0n) is 25.2. The number of anilines is 2. The van der Waals surface area contributed by atoms with Crippen LogP contribution in [0.1, 0.15) is 49.9 Å². The third-order valence-electron chi connectivity index (χ3n) is 9.69. The summed E-state index contributed by atoms with van der Waals surface area (Å²) >= 11 is 1.43. The Morgan fingerprint density at radius 3 is 2.41 bits per heavy atom. The molecule has 0 radical (unpaired) electrons. The number of aryl methyl sites for hydroxylation is 2. The van der Waals surface area contributed by atoms with Gasteiger partial charge in [0.15, 0.2) is 9.84 Å². The number of pyridine rings is 1. The second kappa shape index (κ2) is 11.1. The van der Waals surface area contributed by atoms with Gasteiger partial charge in [0.25, 0.3) is 0 Å². The molecular weight excluding hydrogens is 639 g/mol. The second-order valence-corrected chi connectivity index (χ2v) is 15.8. The molecule has 0 bridgehead atoms. The maximum absolute atomic E-state index is 13.9. The molecule has 1 aromatic carbocycles. The summed E-state index contributed by atoms with van der Waals surface area (Å²) in [7, 11) is -4.35. The fraction of sp³-hybridized carbons (Fsp3) is 0.484. The number of nitrogens with zero attached hydrogens (tertiary/aromatic N) is 4. The minimum Gasteiger partial charge on any atom is -0.390 e. The number of halogens is 2. The Morgan fingerprint density at radius 2 is 1.76 bits per heavy atom. The normalized spacial score (nSPS) is 26.8. The molecule has 11 nitrogen and oxygen atoms in total. The number of aliphatic hydroxyl groups excluding tert-OH is 1. The smallest absolute Gasteiger partial charge is 0.224 e. The van der Waals surface area contributed by atoms with Gasteiger partial charge < -0.3 is 26.0 Å². The van der Waals surface area contributed by atoms with E-state index in [4.69, 9.17) is 9.97 Å². The minimum atomic E-state index is -4.35. The van der Waals surface area contributed by atoms with E-state index in [2.05, 4.69) is 20.6 Å². The number of benzene rings is 1. The maximum atomic E-state index is 13.9. The Morgan fingerprint density at radius 1 is 1.04 bits per heavy atom. The van der Waals surface area contributed by atoms with Crippen molar-refractivity contribution in [2.24, 2.45) is 5.92 Å². The number of fused-ring (bicyclic) bond motifs is 2. The first-order valence-corrected chi connectivity index (χ1v) is 17.6. The molecule has 0 spiro atoms. The van der Waals surface area contributed by atoms with E-state index in [1.165, 1.54) is 11.3 Å². The standard InChI is InChI=1S/C31H34F2N6O5S2/c1-15-23(28-38-24-16(2)34-9-5-22(24)45-28)27(39-29(36-15)35-10-8-30(41)6-3-4-7-30)37-21-14-20-26(31(20,42)25(21)40)46(43,44)19-12-17(32)11-18(33)13-19/h5,9,11-13,20-21,25-26,40-42H,3-4,6-8,10,14H2,1-2H3,(H2,35,36,37,39)/t20-,21-,25+,26?,31-/m1/s1. The monoisotopic (exact) mass is 672 g/mol. The van der Waals surface area contributed by atoms with E-state index in [-0.39, 0.29) is 6.42 Å². The van der Waals surface area contributed by atoms with E-state index in [1.54, 1.807) is 6.20 Å². The van der Waals surface area contributed by atoms with Gasteiger partial charge in [-0.25, -0.2) is 27.2 Å². The van der Waals surface area contributed by atoms with Gasteiger partial charge in [-0.15, -0.1) is 11.3 Å². The van der Waals surface area contributed by atoms with Crippen LogP contribution < -0.4 is 10.6 Å². The summed E-state index contributed by atoms with van der Waals surface area (Å²) in [5.41, 5.74) is -0.0609. The first-order valence-electron chi connectivity index (χ1n) is 15.2. The Bertz CT molecular complexity index is 1930. The topological polar surface area (TPSA) is 170 Å². The largest absolute Gasteiger partial charge is 0.390 e. The molecule has 3 aliphatic carbocycles. The lowest BCUT2D eigenvalue weighted by Crippen LogP contribution is -2.43. The zero-order chi connectivity index (χ0) is 32.6. The highest BCUT2D eigenvalue weighted by Crippen LogP contribution is 2.61. The number of hydrogen-bond donors (Lipinski definition) is 5. The van der Waals surface area contributed by atoms with Gasteiger partial charge in [0.2, 0.25) is 5.95 Å². The van der Waals surface area contributed by atoms with Crippen LogP contribution in [0.4, 0.5) is 20.5 Å². The molecule has 0 aliphatic heterocycles. The first-order chi connectivity index (χ1) is 21.8. The Labute approximate surface area is 268 Å². The van der Waals surface area contributed by atoms with Crippen LogP contribution in [0.15, 0.2) is 35.4 Å². The average molecular weight is 673 g/mol. The van der Waals surface area contributed by atoms with Gasteiger partial charge in [-0.05, 0) is 57.7 Å². The molecule has 3 heterocycles. The summed E-state index contributed by atoms with van der Waals surface area (Å²) in [5, 5.41) is 39.1. The Kier molecular flexibility index (Phi) is 7.55. The highest BCUT2D eigenvalue weighted by atomic mass is 32.2. The van der Waals surface area contributed by atoms with Crippen LogP contribution in [0.25, 0.3) is 20.8 Å². The number of thiazole rings is 1. The van der Waals surface area contributed by atoms with E-state index in [1.807, 2.05) is 19.9 Å². The van der Waals surface area contributed by atoms with Gasteiger partial charge in [0.1, 0.15) is 44.9 Å². The van der Waals surface area contributed by atoms with Gasteiger partial charge in [0.05, 0.1) is 38.2 Å². The van der Waals surface area contributed by atoms with Crippen LogP contribution in [0, 0.1) is 31.4 Å². The molecular formula is C31H34F2N6O5S2. The van der Waals surface area contributed by atoms with Crippen LogP contribution in [-0.2, 0) is 9.84 Å². The van der Waals surface area contributed by atoms with Crippen molar-refractivity contribution in [2.45, 2.75) is 85.9 Å². The van der Waals surface area contributed by atoms with E-state index in [0.29, 0.717) is 59.2 Å². The van der Waals surface area contributed by atoms with Gasteiger partial charge in [-0.3, -0.25) is 4.98 Å². The summed E-state index contributed by atoms with van der Waals surface area (Å²) in [6.45, 7) is 4.12. The van der Waals surface area contributed by atoms with Crippen LogP contribution in [0.3, 0.4) is 0 Å². The summed E-state index contributed by atoms with van der Waals surface area (Å²) < 4.78 is 55.2. The molecule has 3 fully saturated rings. The van der Waals surface area contributed by atoms with E-state index >= 15 is 0 Å². The number of rotatable bonds is 9. The molecule has 0 amide bonds. The molecule has 5 atom stereocenters. The van der Waals surface area contributed by atoms with Crippen molar-refractivity contribution in [3.05, 3.63) is 53.5 Å². The first kappa shape index (κ1) is 31.2. The van der Waals surface area contributed by atoms with Crippen LogP contribution in [0.2, 0.25) is 0 Å². The number of hydrogen-bond acceptors (Lipinski definition) is 12. The van der Waals surface area contributed by atoms with Gasteiger partial charge in [-0.1, -0.05) is 12.8 Å². The van der Waals surface area contributed by atoms with Crippen LogP contribution in [0.5, 0.6) is 0 Å². The number of aromatic nitrogens is 4. The molecule has 3 saturated carbocycles. The molecule has 7 rings (SSSR count). The molecule has 5 N–H and O–H groups in total. The molecule has 3 aliphatic rings. The summed E-state index contributed by atoms with van der Waals surface area (Å²) in [6, 6.07) is 3.06. The molecule has 0 saturated heterocycles. The van der Waals surface area contributed by atoms with Crippen molar-refractivity contribution in [1.82, 2.24) is 19.9 Å². The van der Waals surface area contributed by atoms with Gasteiger partial charge in [0, 0.05) is 24.7 Å². The lowest BCUT2D eigenvalue weighted by atomic mass is 9.98. The van der Waals surface area contributed by atoms with Crippen molar-refractivity contribution in [2.75, 3.05) is 17.2 Å².